The number of aliphatic carboxylic acids is 1. The van der Waals surface area contributed by atoms with Crippen molar-refractivity contribution < 1.29 is 14.7 Å². The Kier molecular flexibility index (Phi) is 4.47. The monoisotopic (exact) mass is 279 g/mol. The zero-order chi connectivity index (χ0) is 13.8. The highest BCUT2D eigenvalue weighted by molar-refractivity contribution is 7.80. The average molecular weight is 279 g/mol. The maximum Gasteiger partial charge on any atom is 0.326 e. The lowest BCUT2D eigenvalue weighted by Gasteiger charge is -2.24. The summed E-state index contributed by atoms with van der Waals surface area (Å²) in [6, 6.07) is 8.61. The van der Waals surface area contributed by atoms with Crippen molar-refractivity contribution in [3.05, 3.63) is 35.9 Å². The fraction of sp³-hybridized carbons (Fsp3) is 0.429. The maximum atomic E-state index is 11.9. The van der Waals surface area contributed by atoms with Gasteiger partial charge in [0.15, 0.2) is 0 Å². The number of carbonyl (C=O) groups excluding carboxylic acids is 1. The number of hydrogen-bond acceptors (Lipinski definition) is 3. The first-order chi connectivity index (χ1) is 9.11. The lowest BCUT2D eigenvalue weighted by atomic mass is 10.0. The molecule has 1 N–H and O–H groups in total. The summed E-state index contributed by atoms with van der Waals surface area (Å²) in [7, 11) is 0. The number of hydrogen-bond donors (Lipinski definition) is 2. The molecule has 102 valence electrons. The van der Waals surface area contributed by atoms with E-state index in [-0.39, 0.29) is 11.8 Å². The van der Waals surface area contributed by atoms with Crippen LogP contribution in [0.3, 0.4) is 0 Å². The van der Waals surface area contributed by atoms with E-state index in [1.807, 2.05) is 30.3 Å². The number of thiol groups is 1. The fourth-order valence-electron chi connectivity index (χ4n) is 2.40. The molecule has 0 aliphatic carbocycles. The molecule has 1 fully saturated rings. The third-order valence-corrected chi connectivity index (χ3v) is 3.95. The Balaban J connectivity index is 2.13. The highest BCUT2D eigenvalue weighted by Crippen LogP contribution is 2.23. The van der Waals surface area contributed by atoms with E-state index in [0.717, 1.165) is 5.56 Å². The summed E-state index contributed by atoms with van der Waals surface area (Å²) >= 11 is 4.19. The molecule has 1 heterocycles. The summed E-state index contributed by atoms with van der Waals surface area (Å²) in [5, 5.41) is 9.36. The molecule has 4 nitrogen and oxygen atoms in total. The second kappa shape index (κ2) is 6.10. The maximum absolute atomic E-state index is 11.9. The van der Waals surface area contributed by atoms with Crippen LogP contribution in [0, 0.1) is 5.92 Å². The number of likely N-dealkylation sites (tertiary alicyclic amines) is 1. The van der Waals surface area contributed by atoms with Crippen molar-refractivity contribution in [3.8, 4) is 0 Å². The van der Waals surface area contributed by atoms with E-state index in [1.54, 1.807) is 0 Å². The molecular weight excluding hydrogens is 262 g/mol. The van der Waals surface area contributed by atoms with Crippen molar-refractivity contribution in [3.63, 3.8) is 0 Å². The van der Waals surface area contributed by atoms with E-state index < -0.39 is 12.0 Å². The number of amides is 1. The predicted molar refractivity (Wildman–Crippen MR) is 75.2 cm³/mol. The zero-order valence-electron chi connectivity index (χ0n) is 10.5. The van der Waals surface area contributed by atoms with E-state index >= 15 is 0 Å². The number of carboxylic acids is 1. The van der Waals surface area contributed by atoms with Gasteiger partial charge < -0.3 is 10.0 Å². The smallest absolute Gasteiger partial charge is 0.326 e. The Morgan fingerprint density at radius 1 is 1.42 bits per heavy atom. The molecule has 1 aromatic carbocycles. The van der Waals surface area contributed by atoms with Crippen LogP contribution in [0.2, 0.25) is 0 Å². The highest BCUT2D eigenvalue weighted by Gasteiger charge is 2.37. The number of rotatable bonds is 5. The van der Waals surface area contributed by atoms with Crippen molar-refractivity contribution in [1.82, 2.24) is 4.90 Å². The molecule has 5 heteroatoms. The quantitative estimate of drug-likeness (QED) is 0.802. The Morgan fingerprint density at radius 3 is 2.63 bits per heavy atom. The number of carbonyl (C=O) groups is 2. The normalized spacial score (nSPS) is 20.6. The third-order valence-electron chi connectivity index (χ3n) is 3.43. The van der Waals surface area contributed by atoms with Gasteiger partial charge in [-0.1, -0.05) is 30.3 Å². The molecule has 1 aliphatic rings. The molecular formula is C14H17NO3S. The Morgan fingerprint density at radius 2 is 2.11 bits per heavy atom. The molecule has 0 bridgehead atoms. The van der Waals surface area contributed by atoms with Gasteiger partial charge in [-0.3, -0.25) is 4.79 Å². The first-order valence-electron chi connectivity index (χ1n) is 6.29. The largest absolute Gasteiger partial charge is 0.480 e. The van der Waals surface area contributed by atoms with Gasteiger partial charge in [-0.2, -0.15) is 12.6 Å². The fourth-order valence-corrected chi connectivity index (χ4v) is 2.64. The molecule has 1 aliphatic heterocycles. The Bertz CT molecular complexity index is 463. The summed E-state index contributed by atoms with van der Waals surface area (Å²) in [5.41, 5.74) is 0.928. The van der Waals surface area contributed by atoms with Gasteiger partial charge in [0.05, 0.1) is 0 Å². The van der Waals surface area contributed by atoms with E-state index in [1.165, 1.54) is 4.90 Å². The standard InChI is InChI=1S/C14H17NO3S/c16-13-7-11(9-19)8-15(13)12(14(17)18)6-10-4-2-1-3-5-10/h1-5,11-12,19H,6-9H2,(H,17,18)/t11?,12-/m0/s1. The lowest BCUT2D eigenvalue weighted by molar-refractivity contribution is -0.148. The summed E-state index contributed by atoms with van der Waals surface area (Å²) in [5.74, 6) is -0.257. The van der Waals surface area contributed by atoms with E-state index in [0.29, 0.717) is 25.1 Å². The van der Waals surface area contributed by atoms with Gasteiger partial charge in [-0.05, 0) is 17.2 Å². The van der Waals surface area contributed by atoms with Crippen molar-refractivity contribution in [2.24, 2.45) is 5.92 Å². The third kappa shape index (κ3) is 3.29. The number of nitrogens with zero attached hydrogens (tertiary/aromatic N) is 1. The van der Waals surface area contributed by atoms with E-state index in [9.17, 15) is 14.7 Å². The summed E-state index contributed by atoms with van der Waals surface area (Å²) < 4.78 is 0. The molecule has 0 radical (unpaired) electrons. The van der Waals surface area contributed by atoms with Gasteiger partial charge in [-0.15, -0.1) is 0 Å². The molecule has 0 aromatic heterocycles. The van der Waals surface area contributed by atoms with Crippen LogP contribution in [0.25, 0.3) is 0 Å². The molecule has 19 heavy (non-hydrogen) atoms. The van der Waals surface area contributed by atoms with E-state index in [4.69, 9.17) is 0 Å². The molecule has 1 amide bonds. The minimum Gasteiger partial charge on any atom is -0.480 e. The summed E-state index contributed by atoms with van der Waals surface area (Å²) in [6.45, 7) is 0.492. The Hall–Kier alpha value is -1.49. The number of carboxylic acid groups (broad SMARTS) is 1. The van der Waals surface area contributed by atoms with Gasteiger partial charge in [0.25, 0.3) is 0 Å². The van der Waals surface area contributed by atoms with Gasteiger partial charge >= 0.3 is 5.97 Å². The molecule has 2 atom stereocenters. The predicted octanol–water partition coefficient (Wildman–Crippen LogP) is 1.46. The van der Waals surface area contributed by atoms with Gasteiger partial charge in [-0.25, -0.2) is 4.79 Å². The highest BCUT2D eigenvalue weighted by atomic mass is 32.1. The van der Waals surface area contributed by atoms with Gasteiger partial charge in [0.2, 0.25) is 5.91 Å². The summed E-state index contributed by atoms with van der Waals surface area (Å²) in [4.78, 5) is 24.8. The minimum absolute atomic E-state index is 0.0811. The molecule has 1 saturated heterocycles. The summed E-state index contributed by atoms with van der Waals surface area (Å²) in [6.07, 6.45) is 0.753. The molecule has 0 saturated carbocycles. The van der Waals surface area contributed by atoms with Crippen LogP contribution in [0.1, 0.15) is 12.0 Å². The zero-order valence-corrected chi connectivity index (χ0v) is 11.4. The van der Waals surface area contributed by atoms with Crippen molar-refractivity contribution in [2.75, 3.05) is 12.3 Å². The first-order valence-corrected chi connectivity index (χ1v) is 6.92. The SMILES string of the molecule is O=C(O)[C@H](Cc1ccccc1)N1CC(CS)CC1=O. The molecule has 0 spiro atoms. The van der Waals surface area contributed by atoms with Crippen molar-refractivity contribution >= 4 is 24.5 Å². The van der Waals surface area contributed by atoms with Crippen LogP contribution >= 0.6 is 12.6 Å². The van der Waals surface area contributed by atoms with Gasteiger partial charge in [0.1, 0.15) is 6.04 Å². The van der Waals surface area contributed by atoms with Gasteiger partial charge in [0, 0.05) is 19.4 Å². The lowest BCUT2D eigenvalue weighted by Crippen LogP contribution is -2.43. The van der Waals surface area contributed by atoms with Crippen LogP contribution in [0.5, 0.6) is 0 Å². The molecule has 1 unspecified atom stereocenters. The van der Waals surface area contributed by atoms with Crippen LogP contribution in [-0.2, 0) is 16.0 Å². The van der Waals surface area contributed by atoms with Crippen LogP contribution in [-0.4, -0.2) is 40.2 Å². The van der Waals surface area contributed by atoms with E-state index in [2.05, 4.69) is 12.6 Å². The first kappa shape index (κ1) is 13.9. The average Bonchev–Trinajstić information content (AvgIpc) is 2.78. The molecule has 2 rings (SSSR count). The van der Waals surface area contributed by atoms with Crippen LogP contribution < -0.4 is 0 Å². The van der Waals surface area contributed by atoms with Crippen molar-refractivity contribution in [1.29, 1.82) is 0 Å². The minimum atomic E-state index is -0.947. The van der Waals surface area contributed by atoms with Crippen LogP contribution in [0.15, 0.2) is 30.3 Å². The second-order valence-electron chi connectivity index (χ2n) is 4.84. The topological polar surface area (TPSA) is 57.6 Å². The van der Waals surface area contributed by atoms with Crippen LogP contribution in [0.4, 0.5) is 0 Å². The number of benzene rings is 1. The second-order valence-corrected chi connectivity index (χ2v) is 5.21. The molecule has 1 aromatic rings. The Labute approximate surface area is 117 Å². The van der Waals surface area contributed by atoms with Crippen molar-refractivity contribution in [2.45, 2.75) is 18.9 Å².